The number of nitrogens with zero attached hydrogens (tertiary/aromatic N) is 3. The smallest absolute Gasteiger partial charge is 0.226 e. The molecule has 0 fully saturated rings. The topological polar surface area (TPSA) is 39.4 Å². The summed E-state index contributed by atoms with van der Waals surface area (Å²) in [5.41, 5.74) is 3.70. The van der Waals surface area contributed by atoms with Crippen molar-refractivity contribution in [2.45, 2.75) is 6.92 Å². The second-order valence-electron chi connectivity index (χ2n) is 4.27. The quantitative estimate of drug-likeness (QED) is 0.719. The first-order chi connectivity index (χ1) is 9.19. The van der Waals surface area contributed by atoms with Crippen molar-refractivity contribution >= 4 is 17.2 Å². The molecule has 0 saturated carbocycles. The van der Waals surface area contributed by atoms with Crippen LogP contribution in [0.25, 0.3) is 16.9 Å². The van der Waals surface area contributed by atoms with Crippen molar-refractivity contribution in [3.8, 4) is 17.1 Å². The highest BCUT2D eigenvalue weighted by molar-refractivity contribution is 6.29. The van der Waals surface area contributed by atoms with Gasteiger partial charge in [0.2, 0.25) is 5.88 Å². The van der Waals surface area contributed by atoms with Crippen molar-refractivity contribution in [2.24, 2.45) is 0 Å². The zero-order chi connectivity index (χ0) is 13.4. The monoisotopic (exact) mass is 273 g/mol. The number of methoxy groups -OCH3 is 1. The van der Waals surface area contributed by atoms with Crippen LogP contribution >= 0.6 is 11.6 Å². The molecule has 3 aromatic rings. The van der Waals surface area contributed by atoms with E-state index >= 15 is 0 Å². The minimum Gasteiger partial charge on any atom is -0.480 e. The number of benzene rings is 1. The highest BCUT2D eigenvalue weighted by atomic mass is 35.5. The Bertz CT molecular complexity index is 734. The lowest BCUT2D eigenvalue weighted by Crippen LogP contribution is -1.92. The third kappa shape index (κ3) is 2.04. The summed E-state index contributed by atoms with van der Waals surface area (Å²) in [4.78, 5) is 8.57. The SMILES string of the molecule is COc1c(-c2ccc(C)cc2)nc2cnc(Cl)cn12. The largest absolute Gasteiger partial charge is 0.480 e. The summed E-state index contributed by atoms with van der Waals surface area (Å²) in [7, 11) is 1.62. The number of aromatic nitrogens is 3. The fraction of sp³-hybridized carbons (Fsp3) is 0.143. The Morgan fingerprint density at radius 2 is 1.95 bits per heavy atom. The van der Waals surface area contributed by atoms with Gasteiger partial charge in [-0.1, -0.05) is 41.4 Å². The molecule has 96 valence electrons. The van der Waals surface area contributed by atoms with Crippen LogP contribution in [-0.4, -0.2) is 21.5 Å². The number of rotatable bonds is 2. The molecule has 0 saturated heterocycles. The molecule has 1 aromatic carbocycles. The summed E-state index contributed by atoms with van der Waals surface area (Å²) in [6.45, 7) is 2.05. The highest BCUT2D eigenvalue weighted by Gasteiger charge is 2.15. The average molecular weight is 274 g/mol. The molecule has 0 spiro atoms. The summed E-state index contributed by atoms with van der Waals surface area (Å²) in [6, 6.07) is 8.14. The average Bonchev–Trinajstić information content (AvgIpc) is 2.77. The molecular weight excluding hydrogens is 262 g/mol. The van der Waals surface area contributed by atoms with Crippen molar-refractivity contribution in [2.75, 3.05) is 7.11 Å². The summed E-state index contributed by atoms with van der Waals surface area (Å²) in [5, 5.41) is 0.402. The van der Waals surface area contributed by atoms with Crippen LogP contribution in [0, 0.1) is 6.92 Å². The van der Waals surface area contributed by atoms with Crippen LogP contribution < -0.4 is 4.74 Å². The fourth-order valence-corrected chi connectivity index (χ4v) is 2.15. The van der Waals surface area contributed by atoms with E-state index in [1.54, 1.807) is 23.9 Å². The summed E-state index contributed by atoms with van der Waals surface area (Å²) in [6.07, 6.45) is 3.32. The fourth-order valence-electron chi connectivity index (χ4n) is 2.00. The molecular formula is C14H12ClN3O. The molecule has 4 nitrogen and oxygen atoms in total. The Kier molecular flexibility index (Phi) is 2.87. The Labute approximate surface area is 115 Å². The van der Waals surface area contributed by atoms with Crippen molar-refractivity contribution in [1.82, 2.24) is 14.4 Å². The maximum absolute atomic E-state index is 5.91. The normalized spacial score (nSPS) is 10.9. The van der Waals surface area contributed by atoms with Gasteiger partial charge in [-0.2, -0.15) is 0 Å². The van der Waals surface area contributed by atoms with Gasteiger partial charge in [-0.3, -0.25) is 4.40 Å². The molecule has 0 amide bonds. The summed E-state index contributed by atoms with van der Waals surface area (Å²) in [5.74, 6) is 0.656. The molecule has 2 aromatic heterocycles. The molecule has 0 N–H and O–H groups in total. The van der Waals surface area contributed by atoms with Crippen molar-refractivity contribution in [3.63, 3.8) is 0 Å². The van der Waals surface area contributed by atoms with Gasteiger partial charge in [0, 0.05) is 5.56 Å². The van der Waals surface area contributed by atoms with Gasteiger partial charge in [-0.15, -0.1) is 0 Å². The van der Waals surface area contributed by atoms with Gasteiger partial charge in [0.25, 0.3) is 0 Å². The first-order valence-corrected chi connectivity index (χ1v) is 6.21. The van der Waals surface area contributed by atoms with Crippen LogP contribution in [0.3, 0.4) is 0 Å². The molecule has 0 bridgehead atoms. The predicted octanol–water partition coefficient (Wildman–Crippen LogP) is 3.37. The van der Waals surface area contributed by atoms with E-state index in [2.05, 4.69) is 9.97 Å². The van der Waals surface area contributed by atoms with E-state index in [0.29, 0.717) is 16.7 Å². The minimum atomic E-state index is 0.402. The van der Waals surface area contributed by atoms with Crippen molar-refractivity contribution in [1.29, 1.82) is 0 Å². The molecule has 19 heavy (non-hydrogen) atoms. The second kappa shape index (κ2) is 4.55. The van der Waals surface area contributed by atoms with Crippen LogP contribution in [-0.2, 0) is 0 Å². The van der Waals surface area contributed by atoms with E-state index < -0.39 is 0 Å². The van der Waals surface area contributed by atoms with Gasteiger partial charge in [-0.25, -0.2) is 9.97 Å². The third-order valence-corrected chi connectivity index (χ3v) is 3.15. The number of hydrogen-bond acceptors (Lipinski definition) is 3. The lowest BCUT2D eigenvalue weighted by molar-refractivity contribution is 0.395. The van der Waals surface area contributed by atoms with Crippen LogP contribution in [0.4, 0.5) is 0 Å². The van der Waals surface area contributed by atoms with Gasteiger partial charge in [0.05, 0.1) is 19.5 Å². The van der Waals surface area contributed by atoms with Gasteiger partial charge < -0.3 is 4.74 Å². The summed E-state index contributed by atoms with van der Waals surface area (Å²) >= 11 is 5.91. The van der Waals surface area contributed by atoms with E-state index in [-0.39, 0.29) is 0 Å². The lowest BCUT2D eigenvalue weighted by atomic mass is 10.1. The number of halogens is 1. The standard InChI is InChI=1S/C14H12ClN3O/c1-9-3-5-10(6-4-9)13-14(19-2)18-8-11(15)16-7-12(18)17-13/h3-8H,1-2H3. The zero-order valence-electron chi connectivity index (χ0n) is 10.6. The van der Waals surface area contributed by atoms with Crippen LogP contribution in [0.5, 0.6) is 5.88 Å². The number of hydrogen-bond donors (Lipinski definition) is 0. The summed E-state index contributed by atoms with van der Waals surface area (Å²) < 4.78 is 7.25. The Hall–Kier alpha value is -2.07. The molecule has 0 aliphatic carbocycles. The number of fused-ring (bicyclic) bond motifs is 1. The molecule has 2 heterocycles. The van der Waals surface area contributed by atoms with Crippen LogP contribution in [0.2, 0.25) is 5.15 Å². The molecule has 0 unspecified atom stereocenters. The first kappa shape index (κ1) is 12.0. The molecule has 3 rings (SSSR count). The molecule has 0 aliphatic heterocycles. The zero-order valence-corrected chi connectivity index (χ0v) is 11.3. The molecule has 0 radical (unpaired) electrons. The van der Waals surface area contributed by atoms with E-state index in [0.717, 1.165) is 11.3 Å². The van der Waals surface area contributed by atoms with Gasteiger partial charge in [0.15, 0.2) is 5.65 Å². The van der Waals surface area contributed by atoms with Gasteiger partial charge in [-0.05, 0) is 6.92 Å². The second-order valence-corrected chi connectivity index (χ2v) is 4.66. The van der Waals surface area contributed by atoms with Gasteiger partial charge in [0.1, 0.15) is 10.8 Å². The minimum absolute atomic E-state index is 0.402. The molecule has 0 aliphatic rings. The third-order valence-electron chi connectivity index (χ3n) is 2.95. The van der Waals surface area contributed by atoms with Gasteiger partial charge >= 0.3 is 0 Å². The van der Waals surface area contributed by atoms with E-state index in [1.165, 1.54) is 5.56 Å². The molecule has 5 heteroatoms. The maximum Gasteiger partial charge on any atom is 0.226 e. The van der Waals surface area contributed by atoms with Crippen LogP contribution in [0.1, 0.15) is 5.56 Å². The van der Waals surface area contributed by atoms with Crippen molar-refractivity contribution < 1.29 is 4.74 Å². The highest BCUT2D eigenvalue weighted by Crippen LogP contribution is 2.30. The Balaban J connectivity index is 2.25. The van der Waals surface area contributed by atoms with Crippen molar-refractivity contribution in [3.05, 3.63) is 47.4 Å². The van der Waals surface area contributed by atoms with E-state index in [9.17, 15) is 0 Å². The Morgan fingerprint density at radius 1 is 1.21 bits per heavy atom. The molecule has 0 atom stereocenters. The lowest BCUT2D eigenvalue weighted by Gasteiger charge is -2.03. The number of aryl methyl sites for hydroxylation is 1. The first-order valence-electron chi connectivity index (χ1n) is 5.83. The predicted molar refractivity (Wildman–Crippen MR) is 74.7 cm³/mol. The number of ether oxygens (including phenoxy) is 1. The van der Waals surface area contributed by atoms with E-state index in [1.807, 2.05) is 31.2 Å². The Morgan fingerprint density at radius 3 is 2.63 bits per heavy atom. The maximum atomic E-state index is 5.91. The van der Waals surface area contributed by atoms with Crippen LogP contribution in [0.15, 0.2) is 36.7 Å². The van der Waals surface area contributed by atoms with E-state index in [4.69, 9.17) is 16.3 Å². The number of imidazole rings is 1.